The Hall–Kier alpha value is -1.01. The first-order valence-corrected chi connectivity index (χ1v) is 7.03. The van der Waals surface area contributed by atoms with E-state index in [9.17, 15) is 9.90 Å². The second-order valence-corrected chi connectivity index (χ2v) is 5.51. The summed E-state index contributed by atoms with van der Waals surface area (Å²) in [5.41, 5.74) is -0.111. The molecule has 1 aromatic rings. The normalized spacial score (nSPS) is 11.9. The fraction of sp³-hybridized carbons (Fsp3) is 0.750. The molecule has 0 radical (unpaired) electrons. The molecule has 0 aliphatic carbocycles. The third-order valence-corrected chi connectivity index (χ3v) is 3.90. The predicted molar refractivity (Wildman–Crippen MR) is 71.9 cm³/mol. The Bertz CT molecular complexity index is 400. The van der Waals surface area contributed by atoms with Crippen LogP contribution in [0.3, 0.4) is 0 Å². The van der Waals surface area contributed by atoms with Gasteiger partial charge < -0.3 is 10.4 Å². The second kappa shape index (κ2) is 6.24. The van der Waals surface area contributed by atoms with Gasteiger partial charge in [-0.1, -0.05) is 32.2 Å². The van der Waals surface area contributed by atoms with Gasteiger partial charge >= 0.3 is 0 Å². The van der Waals surface area contributed by atoms with Crippen molar-refractivity contribution in [3.05, 3.63) is 10.6 Å². The average Bonchev–Trinajstić information content (AvgIpc) is 2.85. The Labute approximate surface area is 112 Å². The first-order chi connectivity index (χ1) is 8.43. The summed E-state index contributed by atoms with van der Waals surface area (Å²) in [6.45, 7) is 8.02. The van der Waals surface area contributed by atoms with Crippen molar-refractivity contribution in [1.29, 1.82) is 0 Å². The highest BCUT2D eigenvalue weighted by atomic mass is 32.1. The van der Waals surface area contributed by atoms with Crippen LogP contribution in [0.1, 0.15) is 61.8 Å². The van der Waals surface area contributed by atoms with E-state index in [1.165, 1.54) is 0 Å². The largest absolute Gasteiger partial charge is 0.388 e. The molecule has 0 saturated heterocycles. The highest BCUT2D eigenvalue weighted by Crippen LogP contribution is 2.20. The van der Waals surface area contributed by atoms with Gasteiger partial charge in [-0.05, 0) is 30.3 Å². The molecule has 102 valence electrons. The van der Waals surface area contributed by atoms with Crippen LogP contribution in [0.4, 0.5) is 0 Å². The lowest BCUT2D eigenvalue weighted by molar-refractivity contribution is 0.0314. The molecule has 0 saturated carbocycles. The van der Waals surface area contributed by atoms with Crippen LogP contribution < -0.4 is 5.32 Å². The Morgan fingerprint density at radius 3 is 2.56 bits per heavy atom. The first-order valence-electron chi connectivity index (χ1n) is 6.26. The highest BCUT2D eigenvalue weighted by molar-refractivity contribution is 7.08. The van der Waals surface area contributed by atoms with Gasteiger partial charge in [0.15, 0.2) is 0 Å². The number of carbonyl (C=O) groups is 1. The number of amides is 1. The van der Waals surface area contributed by atoms with Crippen LogP contribution in [0.25, 0.3) is 0 Å². The van der Waals surface area contributed by atoms with Gasteiger partial charge in [-0.3, -0.25) is 4.79 Å². The van der Waals surface area contributed by atoms with Crippen molar-refractivity contribution in [2.45, 2.75) is 52.1 Å². The Kier molecular flexibility index (Phi) is 5.22. The van der Waals surface area contributed by atoms with E-state index in [1.54, 1.807) is 0 Å². The van der Waals surface area contributed by atoms with E-state index in [0.717, 1.165) is 11.5 Å². The molecule has 0 aromatic carbocycles. The number of aliphatic hydroxyl groups is 1. The Balaban J connectivity index is 2.69. The minimum atomic E-state index is -0.828. The molecular weight excluding hydrogens is 250 g/mol. The molecule has 6 heteroatoms. The van der Waals surface area contributed by atoms with Gasteiger partial charge in [-0.15, -0.1) is 5.10 Å². The Morgan fingerprint density at radius 1 is 1.44 bits per heavy atom. The van der Waals surface area contributed by atoms with Crippen LogP contribution >= 0.6 is 11.5 Å². The lowest BCUT2D eigenvalue weighted by Gasteiger charge is -2.25. The monoisotopic (exact) mass is 271 g/mol. The molecule has 0 aliphatic heterocycles. The van der Waals surface area contributed by atoms with Gasteiger partial charge in [-0.2, -0.15) is 0 Å². The van der Waals surface area contributed by atoms with Crippen LogP contribution in [0, 0.1) is 0 Å². The number of hydrogen-bond donors (Lipinski definition) is 2. The summed E-state index contributed by atoms with van der Waals surface area (Å²) < 4.78 is 3.82. The number of aromatic nitrogens is 2. The van der Waals surface area contributed by atoms with Gasteiger partial charge in [0.05, 0.1) is 11.3 Å². The van der Waals surface area contributed by atoms with E-state index >= 15 is 0 Å². The van der Waals surface area contributed by atoms with Crippen LogP contribution in [-0.4, -0.2) is 32.7 Å². The zero-order valence-electron chi connectivity index (χ0n) is 11.4. The van der Waals surface area contributed by atoms with Crippen LogP contribution in [-0.2, 0) is 0 Å². The zero-order valence-corrected chi connectivity index (χ0v) is 12.2. The molecule has 1 rings (SSSR count). The lowest BCUT2D eigenvalue weighted by atomic mass is 9.97. The van der Waals surface area contributed by atoms with Crippen LogP contribution in [0.15, 0.2) is 0 Å². The van der Waals surface area contributed by atoms with E-state index in [1.807, 2.05) is 27.7 Å². The second-order valence-electron chi connectivity index (χ2n) is 4.76. The average molecular weight is 271 g/mol. The summed E-state index contributed by atoms with van der Waals surface area (Å²) in [5, 5.41) is 16.8. The van der Waals surface area contributed by atoms with E-state index in [2.05, 4.69) is 14.9 Å². The first kappa shape index (κ1) is 15.0. The smallest absolute Gasteiger partial charge is 0.265 e. The third kappa shape index (κ3) is 3.49. The fourth-order valence-electron chi connectivity index (χ4n) is 1.56. The summed E-state index contributed by atoms with van der Waals surface area (Å²) in [4.78, 5) is 12.6. The van der Waals surface area contributed by atoms with E-state index in [-0.39, 0.29) is 18.4 Å². The maximum Gasteiger partial charge on any atom is 0.265 e. The fourth-order valence-corrected chi connectivity index (χ4v) is 2.29. The van der Waals surface area contributed by atoms with Crippen molar-refractivity contribution in [1.82, 2.24) is 14.9 Å². The molecule has 0 aliphatic rings. The van der Waals surface area contributed by atoms with Gasteiger partial charge in [0.1, 0.15) is 4.88 Å². The summed E-state index contributed by atoms with van der Waals surface area (Å²) in [5.74, 6) is -0.0326. The minimum absolute atomic E-state index is 0.167. The molecular formula is C12H21N3O2S. The van der Waals surface area contributed by atoms with Crippen LogP contribution in [0.2, 0.25) is 0 Å². The number of rotatable bonds is 6. The molecule has 5 nitrogen and oxygen atoms in total. The quantitative estimate of drug-likeness (QED) is 0.829. The Morgan fingerprint density at radius 2 is 2.06 bits per heavy atom. The predicted octanol–water partition coefficient (Wildman–Crippen LogP) is 1.94. The highest BCUT2D eigenvalue weighted by Gasteiger charge is 2.25. The van der Waals surface area contributed by atoms with Crippen molar-refractivity contribution in [2.75, 3.05) is 6.54 Å². The maximum atomic E-state index is 12.0. The standard InChI is InChI=1S/C12H21N3O2S/c1-5-12(17,6-2)7-13-11(16)10-9(8(3)4)14-15-18-10/h8,17H,5-7H2,1-4H3,(H,13,16). The number of hydrogen-bond acceptors (Lipinski definition) is 5. The van der Waals surface area contributed by atoms with Gasteiger partial charge in [-0.25, -0.2) is 0 Å². The summed E-state index contributed by atoms with van der Waals surface area (Å²) in [6.07, 6.45) is 1.23. The minimum Gasteiger partial charge on any atom is -0.388 e. The molecule has 18 heavy (non-hydrogen) atoms. The lowest BCUT2D eigenvalue weighted by Crippen LogP contribution is -2.42. The summed E-state index contributed by atoms with van der Waals surface area (Å²) in [6, 6.07) is 0. The number of carbonyl (C=O) groups excluding carboxylic acids is 1. The topological polar surface area (TPSA) is 75.1 Å². The van der Waals surface area contributed by atoms with E-state index < -0.39 is 5.60 Å². The zero-order chi connectivity index (χ0) is 13.8. The van der Waals surface area contributed by atoms with Crippen molar-refractivity contribution in [3.63, 3.8) is 0 Å². The van der Waals surface area contributed by atoms with Crippen LogP contribution in [0.5, 0.6) is 0 Å². The molecule has 0 spiro atoms. The molecule has 0 unspecified atom stereocenters. The summed E-state index contributed by atoms with van der Waals surface area (Å²) >= 11 is 1.10. The molecule has 0 fully saturated rings. The van der Waals surface area contributed by atoms with Crippen molar-refractivity contribution in [3.8, 4) is 0 Å². The molecule has 1 heterocycles. The van der Waals surface area contributed by atoms with Crippen molar-refractivity contribution >= 4 is 17.4 Å². The maximum absolute atomic E-state index is 12.0. The molecule has 0 atom stereocenters. The van der Waals surface area contributed by atoms with Crippen molar-refractivity contribution in [2.24, 2.45) is 0 Å². The van der Waals surface area contributed by atoms with Gasteiger partial charge in [0, 0.05) is 6.54 Å². The van der Waals surface area contributed by atoms with Gasteiger partial charge in [0.2, 0.25) is 0 Å². The third-order valence-electron chi connectivity index (χ3n) is 3.16. The van der Waals surface area contributed by atoms with E-state index in [4.69, 9.17) is 0 Å². The van der Waals surface area contributed by atoms with Crippen molar-refractivity contribution < 1.29 is 9.90 Å². The molecule has 2 N–H and O–H groups in total. The summed E-state index contributed by atoms with van der Waals surface area (Å²) in [7, 11) is 0. The SMILES string of the molecule is CCC(O)(CC)CNC(=O)c1snnc1C(C)C. The number of nitrogens with one attached hydrogen (secondary N) is 1. The van der Waals surface area contributed by atoms with Gasteiger partial charge in [0.25, 0.3) is 5.91 Å². The molecule has 1 aromatic heterocycles. The molecule has 1 amide bonds. The van der Waals surface area contributed by atoms with E-state index in [0.29, 0.717) is 23.4 Å². The molecule has 0 bridgehead atoms. The number of nitrogens with zero attached hydrogens (tertiary/aromatic N) is 2.